The second-order valence-corrected chi connectivity index (χ2v) is 5.75. The summed E-state index contributed by atoms with van der Waals surface area (Å²) in [5, 5.41) is 10.7. The molecule has 1 amide bonds. The van der Waals surface area contributed by atoms with Gasteiger partial charge in [0, 0.05) is 18.0 Å². The molecule has 0 spiro atoms. The maximum Gasteiger partial charge on any atom is 0.255 e. The van der Waals surface area contributed by atoms with Crippen LogP contribution in [0, 0.1) is 0 Å². The molecule has 84 valence electrons. The molecule has 5 heteroatoms. The maximum absolute atomic E-state index is 12.0. The topological polar surface area (TPSA) is 40.5 Å². The minimum Gasteiger partial charge on any atom is -0.395 e. The van der Waals surface area contributed by atoms with Gasteiger partial charge in [0.05, 0.1) is 16.0 Å². The molecular weight excluding hydrogens is 278 g/mol. The van der Waals surface area contributed by atoms with Crippen LogP contribution in [0.15, 0.2) is 15.2 Å². The highest BCUT2D eigenvalue weighted by Gasteiger charge is 2.18. The molecule has 0 bridgehead atoms. The molecule has 3 nitrogen and oxygen atoms in total. The molecule has 0 fully saturated rings. The van der Waals surface area contributed by atoms with Crippen molar-refractivity contribution in [2.45, 2.75) is 19.9 Å². The number of aliphatic hydroxyl groups excluding tert-OH is 1. The summed E-state index contributed by atoms with van der Waals surface area (Å²) < 4.78 is 0.943. The number of carbonyl (C=O) groups excluding carboxylic acids is 1. The van der Waals surface area contributed by atoms with Gasteiger partial charge in [-0.15, -0.1) is 11.3 Å². The van der Waals surface area contributed by atoms with Crippen molar-refractivity contribution in [2.24, 2.45) is 0 Å². The fourth-order valence-electron chi connectivity index (χ4n) is 1.29. The molecule has 0 atom stereocenters. The van der Waals surface area contributed by atoms with E-state index in [-0.39, 0.29) is 18.6 Å². The second kappa shape index (κ2) is 5.63. The number of halogens is 1. The molecular formula is C10H14BrNO2S. The molecule has 15 heavy (non-hydrogen) atoms. The van der Waals surface area contributed by atoms with Crippen LogP contribution in [0.4, 0.5) is 0 Å². The first-order valence-electron chi connectivity index (χ1n) is 4.72. The van der Waals surface area contributed by atoms with Crippen molar-refractivity contribution in [1.82, 2.24) is 4.90 Å². The van der Waals surface area contributed by atoms with Crippen molar-refractivity contribution < 1.29 is 9.90 Å². The average Bonchev–Trinajstić information content (AvgIpc) is 2.59. The van der Waals surface area contributed by atoms with Crippen LogP contribution in [0.3, 0.4) is 0 Å². The van der Waals surface area contributed by atoms with Crippen molar-refractivity contribution in [3.63, 3.8) is 0 Å². The van der Waals surface area contributed by atoms with Gasteiger partial charge in [-0.2, -0.15) is 0 Å². The lowest BCUT2D eigenvalue weighted by Crippen LogP contribution is -2.38. The Balaban J connectivity index is 2.80. The number of hydrogen-bond donors (Lipinski definition) is 1. The highest BCUT2D eigenvalue weighted by molar-refractivity contribution is 9.11. The Bertz CT molecular complexity index is 338. The third kappa shape index (κ3) is 3.29. The lowest BCUT2D eigenvalue weighted by Gasteiger charge is -2.25. The summed E-state index contributed by atoms with van der Waals surface area (Å²) in [4.78, 5) is 13.7. The van der Waals surface area contributed by atoms with Gasteiger partial charge in [0.2, 0.25) is 0 Å². The normalized spacial score (nSPS) is 10.7. The minimum absolute atomic E-state index is 0.00474. The van der Waals surface area contributed by atoms with E-state index in [0.29, 0.717) is 12.1 Å². The van der Waals surface area contributed by atoms with E-state index >= 15 is 0 Å². The average molecular weight is 292 g/mol. The molecule has 0 radical (unpaired) electrons. The Morgan fingerprint density at radius 2 is 2.33 bits per heavy atom. The van der Waals surface area contributed by atoms with Gasteiger partial charge in [-0.05, 0) is 35.8 Å². The molecule has 1 aromatic rings. The van der Waals surface area contributed by atoms with E-state index in [2.05, 4.69) is 15.9 Å². The highest BCUT2D eigenvalue weighted by Crippen LogP contribution is 2.22. The standard InChI is InChI=1S/C10H14BrNO2S/c1-7(2)12(3-4-13)10(14)8-5-9(11)15-6-8/h5-7,13H,3-4H2,1-2H3. The van der Waals surface area contributed by atoms with Crippen LogP contribution in [0.1, 0.15) is 24.2 Å². The molecule has 1 N–H and O–H groups in total. The van der Waals surface area contributed by atoms with Gasteiger partial charge in [0.15, 0.2) is 0 Å². The summed E-state index contributed by atoms with van der Waals surface area (Å²) in [6, 6.07) is 1.91. The first-order valence-corrected chi connectivity index (χ1v) is 6.39. The zero-order valence-corrected chi connectivity index (χ0v) is 11.1. The monoisotopic (exact) mass is 291 g/mol. The number of hydrogen-bond acceptors (Lipinski definition) is 3. The molecule has 1 rings (SSSR count). The fraction of sp³-hybridized carbons (Fsp3) is 0.500. The first-order chi connectivity index (χ1) is 7.06. The van der Waals surface area contributed by atoms with Crippen molar-refractivity contribution in [3.05, 3.63) is 20.8 Å². The number of carbonyl (C=O) groups is 1. The zero-order valence-electron chi connectivity index (χ0n) is 8.74. The Morgan fingerprint density at radius 1 is 1.67 bits per heavy atom. The minimum atomic E-state index is -0.0269. The Kier molecular flexibility index (Phi) is 4.76. The quantitative estimate of drug-likeness (QED) is 0.925. The number of aliphatic hydroxyl groups is 1. The van der Waals surface area contributed by atoms with Crippen LogP contribution in [0.5, 0.6) is 0 Å². The number of amides is 1. The molecule has 0 saturated heterocycles. The lowest BCUT2D eigenvalue weighted by molar-refractivity contribution is 0.0666. The molecule has 0 saturated carbocycles. The lowest BCUT2D eigenvalue weighted by atomic mass is 10.2. The maximum atomic E-state index is 12.0. The number of rotatable bonds is 4. The van der Waals surface area contributed by atoms with Crippen LogP contribution in [0.2, 0.25) is 0 Å². The van der Waals surface area contributed by atoms with Crippen molar-refractivity contribution >= 4 is 33.2 Å². The van der Waals surface area contributed by atoms with Gasteiger partial charge >= 0.3 is 0 Å². The summed E-state index contributed by atoms with van der Waals surface area (Å²) >= 11 is 4.81. The van der Waals surface area contributed by atoms with E-state index in [4.69, 9.17) is 5.11 Å². The predicted molar refractivity (Wildman–Crippen MR) is 65.3 cm³/mol. The van der Waals surface area contributed by atoms with Gasteiger partial charge in [-0.1, -0.05) is 0 Å². The predicted octanol–water partition coefficient (Wildman–Crippen LogP) is 2.35. The highest BCUT2D eigenvalue weighted by atomic mass is 79.9. The van der Waals surface area contributed by atoms with E-state index in [9.17, 15) is 4.79 Å². The molecule has 0 unspecified atom stereocenters. The van der Waals surface area contributed by atoms with Crippen LogP contribution in [0.25, 0.3) is 0 Å². The largest absolute Gasteiger partial charge is 0.395 e. The molecule has 0 aliphatic heterocycles. The molecule has 1 heterocycles. The van der Waals surface area contributed by atoms with Gasteiger partial charge in [0.1, 0.15) is 0 Å². The number of nitrogens with zero attached hydrogens (tertiary/aromatic N) is 1. The SMILES string of the molecule is CC(C)N(CCO)C(=O)c1csc(Br)c1. The van der Waals surface area contributed by atoms with Crippen molar-refractivity contribution in [3.8, 4) is 0 Å². The van der Waals surface area contributed by atoms with E-state index in [1.807, 2.05) is 19.2 Å². The summed E-state index contributed by atoms with van der Waals surface area (Å²) in [7, 11) is 0. The van der Waals surface area contributed by atoms with Gasteiger partial charge < -0.3 is 10.0 Å². The van der Waals surface area contributed by atoms with Crippen LogP contribution >= 0.6 is 27.3 Å². The van der Waals surface area contributed by atoms with Crippen molar-refractivity contribution in [2.75, 3.05) is 13.2 Å². The molecule has 0 aromatic carbocycles. The van der Waals surface area contributed by atoms with Gasteiger partial charge in [-0.3, -0.25) is 4.79 Å². The Hall–Kier alpha value is -0.390. The van der Waals surface area contributed by atoms with Crippen LogP contribution < -0.4 is 0 Å². The van der Waals surface area contributed by atoms with Crippen LogP contribution in [-0.2, 0) is 0 Å². The second-order valence-electron chi connectivity index (χ2n) is 3.46. The third-order valence-electron chi connectivity index (χ3n) is 2.04. The molecule has 1 aromatic heterocycles. The van der Waals surface area contributed by atoms with Crippen molar-refractivity contribution in [1.29, 1.82) is 0 Å². The van der Waals surface area contributed by atoms with Gasteiger partial charge in [0.25, 0.3) is 5.91 Å². The van der Waals surface area contributed by atoms with E-state index in [1.54, 1.807) is 11.0 Å². The molecule has 0 aliphatic rings. The first kappa shape index (κ1) is 12.7. The van der Waals surface area contributed by atoms with E-state index in [1.165, 1.54) is 11.3 Å². The zero-order chi connectivity index (χ0) is 11.4. The van der Waals surface area contributed by atoms with Crippen LogP contribution in [-0.4, -0.2) is 35.1 Å². The third-order valence-corrected chi connectivity index (χ3v) is 3.54. The summed E-state index contributed by atoms with van der Waals surface area (Å²) in [5.41, 5.74) is 0.675. The summed E-state index contributed by atoms with van der Waals surface area (Å²) in [6.07, 6.45) is 0. The fourth-order valence-corrected chi connectivity index (χ4v) is 2.42. The smallest absolute Gasteiger partial charge is 0.255 e. The van der Waals surface area contributed by atoms with E-state index in [0.717, 1.165) is 3.79 Å². The summed E-state index contributed by atoms with van der Waals surface area (Å²) in [6.45, 7) is 4.25. The Morgan fingerprint density at radius 3 is 2.73 bits per heavy atom. The summed E-state index contributed by atoms with van der Waals surface area (Å²) in [5.74, 6) is -0.0269. The van der Waals surface area contributed by atoms with Gasteiger partial charge in [-0.25, -0.2) is 0 Å². The Labute approximate surface area is 102 Å². The molecule has 0 aliphatic carbocycles. The van der Waals surface area contributed by atoms with E-state index < -0.39 is 0 Å². The number of thiophene rings is 1.